The molecule has 2 aromatic heterocycles. The molecule has 3 nitrogen and oxygen atoms in total. The van der Waals surface area contributed by atoms with Crippen LogP contribution in [0.4, 0.5) is 4.39 Å². The number of carbonyl (C=O) groups is 1. The second-order valence-electron chi connectivity index (χ2n) is 2.58. The quantitative estimate of drug-likeness (QED) is 0.573. The van der Waals surface area contributed by atoms with Gasteiger partial charge in [0.2, 0.25) is 0 Å². The zero-order chi connectivity index (χ0) is 10.3. The second-order valence-corrected chi connectivity index (χ2v) is 4.39. The molecule has 0 amide bonds. The van der Waals surface area contributed by atoms with E-state index in [1.54, 1.807) is 4.40 Å². The Hall–Kier alpha value is -0.500. The van der Waals surface area contributed by atoms with Crippen LogP contribution >= 0.6 is 38.5 Å². The molecule has 0 radical (unpaired) electrons. The van der Waals surface area contributed by atoms with Crippen LogP contribution in [0.1, 0.15) is 10.5 Å². The third-order valence-corrected chi connectivity index (χ3v) is 3.32. The molecule has 0 aliphatic rings. The maximum atomic E-state index is 13.1. The van der Waals surface area contributed by atoms with E-state index < -0.39 is 5.82 Å². The van der Waals surface area contributed by atoms with Gasteiger partial charge in [0.1, 0.15) is 15.2 Å². The number of fused-ring (bicyclic) bond motifs is 1. The van der Waals surface area contributed by atoms with Crippen molar-refractivity contribution in [3.8, 4) is 0 Å². The molecule has 0 saturated heterocycles. The van der Waals surface area contributed by atoms with Gasteiger partial charge < -0.3 is 0 Å². The van der Waals surface area contributed by atoms with E-state index in [9.17, 15) is 9.18 Å². The van der Waals surface area contributed by atoms with E-state index in [0.717, 1.165) is 0 Å². The first-order valence-corrected chi connectivity index (χ1v) is 5.49. The fraction of sp³-hybridized carbons (Fsp3) is 0. The number of pyridine rings is 1. The van der Waals surface area contributed by atoms with Crippen LogP contribution in [-0.2, 0) is 0 Å². The fourth-order valence-electron chi connectivity index (χ4n) is 1.15. The lowest BCUT2D eigenvalue weighted by Crippen LogP contribution is -1.93. The Morgan fingerprint density at radius 1 is 1.64 bits per heavy atom. The molecule has 0 saturated carbocycles. The SMILES string of the molecule is O=Cc1c(I)nc2c(Br)c(F)ccn12. The summed E-state index contributed by atoms with van der Waals surface area (Å²) < 4.78 is 15.5. The predicted octanol–water partition coefficient (Wildman–Crippen LogP) is 2.65. The van der Waals surface area contributed by atoms with Crippen LogP contribution in [0.5, 0.6) is 0 Å². The molecular formula is C8H3BrFIN2O. The molecule has 0 aliphatic heterocycles. The number of halogens is 3. The smallest absolute Gasteiger partial charge is 0.169 e. The number of hydrogen-bond donors (Lipinski definition) is 0. The second kappa shape index (κ2) is 3.58. The number of carbonyl (C=O) groups excluding carboxylic acids is 1. The summed E-state index contributed by atoms with van der Waals surface area (Å²) in [5.41, 5.74) is 0.845. The molecule has 2 rings (SSSR count). The highest BCUT2D eigenvalue weighted by atomic mass is 127. The largest absolute Gasteiger partial charge is 0.296 e. The van der Waals surface area contributed by atoms with E-state index in [2.05, 4.69) is 20.9 Å². The Morgan fingerprint density at radius 2 is 2.36 bits per heavy atom. The van der Waals surface area contributed by atoms with Gasteiger partial charge in [-0.25, -0.2) is 9.37 Å². The van der Waals surface area contributed by atoms with E-state index in [4.69, 9.17) is 0 Å². The van der Waals surface area contributed by atoms with Gasteiger partial charge >= 0.3 is 0 Å². The fourth-order valence-corrected chi connectivity index (χ4v) is 2.18. The van der Waals surface area contributed by atoms with E-state index >= 15 is 0 Å². The van der Waals surface area contributed by atoms with Crippen LogP contribution in [0.15, 0.2) is 16.7 Å². The molecule has 0 unspecified atom stereocenters. The molecule has 0 atom stereocenters. The average molecular weight is 369 g/mol. The summed E-state index contributed by atoms with van der Waals surface area (Å²) in [4.78, 5) is 14.8. The van der Waals surface area contributed by atoms with Crippen LogP contribution in [0.3, 0.4) is 0 Å². The molecule has 2 heterocycles. The van der Waals surface area contributed by atoms with Gasteiger partial charge in [-0.1, -0.05) is 0 Å². The molecule has 14 heavy (non-hydrogen) atoms. The minimum atomic E-state index is -0.392. The van der Waals surface area contributed by atoms with Crippen molar-refractivity contribution in [3.05, 3.63) is 31.9 Å². The van der Waals surface area contributed by atoms with Crippen molar-refractivity contribution in [2.24, 2.45) is 0 Å². The van der Waals surface area contributed by atoms with Gasteiger partial charge in [-0.3, -0.25) is 9.20 Å². The lowest BCUT2D eigenvalue weighted by Gasteiger charge is -1.97. The minimum absolute atomic E-state index is 0.269. The summed E-state index contributed by atoms with van der Waals surface area (Å²) in [5.74, 6) is -0.392. The predicted molar refractivity (Wildman–Crippen MR) is 61.0 cm³/mol. The maximum Gasteiger partial charge on any atom is 0.169 e. The molecule has 0 spiro atoms. The Bertz CT molecular complexity index is 526. The number of aldehydes is 1. The Morgan fingerprint density at radius 3 is 3.00 bits per heavy atom. The Labute approximate surface area is 101 Å². The van der Waals surface area contributed by atoms with Crippen molar-refractivity contribution in [2.75, 3.05) is 0 Å². The van der Waals surface area contributed by atoms with Crippen molar-refractivity contribution in [3.63, 3.8) is 0 Å². The summed E-state index contributed by atoms with van der Waals surface area (Å²) in [6.45, 7) is 0. The highest BCUT2D eigenvalue weighted by molar-refractivity contribution is 14.1. The molecule has 0 aliphatic carbocycles. The first-order valence-electron chi connectivity index (χ1n) is 3.62. The topological polar surface area (TPSA) is 34.4 Å². The molecular weight excluding hydrogens is 366 g/mol. The van der Waals surface area contributed by atoms with E-state index in [-0.39, 0.29) is 4.47 Å². The van der Waals surface area contributed by atoms with Crippen LogP contribution < -0.4 is 0 Å². The maximum absolute atomic E-state index is 13.1. The summed E-state index contributed by atoms with van der Waals surface area (Å²) in [6.07, 6.45) is 2.18. The minimum Gasteiger partial charge on any atom is -0.296 e. The van der Waals surface area contributed by atoms with Gasteiger partial charge in [-0.2, -0.15) is 0 Å². The van der Waals surface area contributed by atoms with Crippen molar-refractivity contribution < 1.29 is 9.18 Å². The molecule has 72 valence electrons. The highest BCUT2D eigenvalue weighted by Crippen LogP contribution is 2.23. The Balaban J connectivity index is 2.93. The molecule has 6 heteroatoms. The molecule has 0 fully saturated rings. The van der Waals surface area contributed by atoms with Crippen LogP contribution in [-0.4, -0.2) is 15.7 Å². The number of rotatable bonds is 1. The summed E-state index contributed by atoms with van der Waals surface area (Å²) in [6, 6.07) is 1.28. The third-order valence-electron chi connectivity index (χ3n) is 1.79. The van der Waals surface area contributed by atoms with Crippen molar-refractivity contribution in [2.45, 2.75) is 0 Å². The molecule has 0 aromatic carbocycles. The summed E-state index contributed by atoms with van der Waals surface area (Å²) >= 11 is 5.02. The van der Waals surface area contributed by atoms with Crippen molar-refractivity contribution in [1.82, 2.24) is 9.38 Å². The van der Waals surface area contributed by atoms with Gasteiger partial charge in [0, 0.05) is 6.20 Å². The molecule has 0 N–H and O–H groups in total. The normalized spacial score (nSPS) is 10.8. The first-order chi connectivity index (χ1) is 6.65. The van der Waals surface area contributed by atoms with Crippen LogP contribution in [0.25, 0.3) is 5.65 Å². The number of imidazole rings is 1. The lowest BCUT2D eigenvalue weighted by molar-refractivity contribution is 0.111. The van der Waals surface area contributed by atoms with Crippen molar-refractivity contribution >= 4 is 50.5 Å². The lowest BCUT2D eigenvalue weighted by atomic mass is 10.4. The monoisotopic (exact) mass is 368 g/mol. The number of nitrogens with zero attached hydrogens (tertiary/aromatic N) is 2. The van der Waals surface area contributed by atoms with Crippen LogP contribution in [0, 0.1) is 9.52 Å². The zero-order valence-corrected chi connectivity index (χ0v) is 10.4. The number of aromatic nitrogens is 2. The van der Waals surface area contributed by atoms with Gasteiger partial charge in [0.15, 0.2) is 11.9 Å². The van der Waals surface area contributed by atoms with Crippen LogP contribution in [0.2, 0.25) is 0 Å². The molecule has 0 bridgehead atoms. The zero-order valence-electron chi connectivity index (χ0n) is 6.67. The van der Waals surface area contributed by atoms with Crippen molar-refractivity contribution in [1.29, 1.82) is 0 Å². The summed E-state index contributed by atoms with van der Waals surface area (Å²) in [5, 5.41) is 0. The average Bonchev–Trinajstić information content (AvgIpc) is 2.49. The van der Waals surface area contributed by atoms with Gasteiger partial charge in [-0.15, -0.1) is 0 Å². The Kier molecular flexibility index (Phi) is 2.56. The third kappa shape index (κ3) is 1.36. The van der Waals surface area contributed by atoms with E-state index in [1.807, 2.05) is 22.6 Å². The highest BCUT2D eigenvalue weighted by Gasteiger charge is 2.13. The van der Waals surface area contributed by atoms with Gasteiger partial charge in [0.05, 0.1) is 4.47 Å². The standard InChI is InChI=1S/C8H3BrFIN2O/c9-6-4(10)1-2-13-5(3-14)7(11)12-8(6)13/h1-3H. The number of hydrogen-bond acceptors (Lipinski definition) is 2. The van der Waals surface area contributed by atoms with E-state index in [0.29, 0.717) is 21.3 Å². The van der Waals surface area contributed by atoms with E-state index in [1.165, 1.54) is 12.3 Å². The summed E-state index contributed by atoms with van der Waals surface area (Å²) in [7, 11) is 0. The first kappa shape index (κ1) is 10.0. The van der Waals surface area contributed by atoms with Gasteiger partial charge in [-0.05, 0) is 44.6 Å². The molecule has 2 aromatic rings. The van der Waals surface area contributed by atoms with Gasteiger partial charge in [0.25, 0.3) is 0 Å².